The standard InChI is InChI=1S/C24H29N3O5S/c1-14-2-6-20-18(12-14)22(24(29)30)19-13-17(5-7-21(19)26-20)33(31,32)27-10-8-15(9-11-27)23(28)25-16-3-4-16/h5,7,13-16H,2-4,6,8-12H2,1H3,(H,25,28)(H,29,30)/t14-/m1/s1. The van der Waals surface area contributed by atoms with Crippen molar-refractivity contribution < 1.29 is 23.1 Å². The molecule has 0 bridgehead atoms. The van der Waals surface area contributed by atoms with Gasteiger partial charge in [0.15, 0.2) is 0 Å². The van der Waals surface area contributed by atoms with Crippen molar-refractivity contribution in [3.63, 3.8) is 0 Å². The Morgan fingerprint density at radius 2 is 1.85 bits per heavy atom. The van der Waals surface area contributed by atoms with Gasteiger partial charge >= 0.3 is 5.97 Å². The van der Waals surface area contributed by atoms with Crippen LogP contribution < -0.4 is 5.32 Å². The molecule has 33 heavy (non-hydrogen) atoms. The lowest BCUT2D eigenvalue weighted by Crippen LogP contribution is -2.43. The Labute approximate surface area is 193 Å². The molecule has 1 aromatic carbocycles. The summed E-state index contributed by atoms with van der Waals surface area (Å²) < 4.78 is 28.2. The van der Waals surface area contributed by atoms with E-state index in [1.54, 1.807) is 6.07 Å². The summed E-state index contributed by atoms with van der Waals surface area (Å²) in [5, 5.41) is 13.4. The van der Waals surface area contributed by atoms with Crippen LogP contribution in [0.25, 0.3) is 10.9 Å². The maximum absolute atomic E-state index is 13.4. The number of rotatable bonds is 5. The van der Waals surface area contributed by atoms with Crippen LogP contribution in [0.5, 0.6) is 0 Å². The molecular weight excluding hydrogens is 442 g/mol. The molecule has 0 spiro atoms. The molecule has 1 saturated carbocycles. The van der Waals surface area contributed by atoms with Crippen molar-refractivity contribution in [1.29, 1.82) is 0 Å². The summed E-state index contributed by atoms with van der Waals surface area (Å²) >= 11 is 0. The number of aromatic carboxylic acids is 1. The number of sulfonamides is 1. The Kier molecular flexibility index (Phi) is 5.64. The third kappa shape index (κ3) is 4.24. The first-order valence-electron chi connectivity index (χ1n) is 11.7. The van der Waals surface area contributed by atoms with E-state index in [0.717, 1.165) is 36.9 Å². The number of hydrogen-bond acceptors (Lipinski definition) is 5. The van der Waals surface area contributed by atoms with Crippen molar-refractivity contribution in [3.8, 4) is 0 Å². The number of fused-ring (bicyclic) bond motifs is 2. The third-order valence-electron chi connectivity index (χ3n) is 7.17. The number of carboxylic acids is 1. The molecule has 1 amide bonds. The molecule has 2 fully saturated rings. The Morgan fingerprint density at radius 3 is 2.52 bits per heavy atom. The highest BCUT2D eigenvalue weighted by molar-refractivity contribution is 7.89. The fraction of sp³-hybridized carbons (Fsp3) is 0.542. The molecule has 9 heteroatoms. The topological polar surface area (TPSA) is 117 Å². The molecule has 0 radical (unpaired) electrons. The molecular formula is C24H29N3O5S. The second kappa shape index (κ2) is 8.36. The first-order chi connectivity index (χ1) is 15.7. The van der Waals surface area contributed by atoms with Gasteiger partial charge < -0.3 is 10.4 Å². The average molecular weight is 472 g/mol. The molecule has 8 nitrogen and oxygen atoms in total. The molecule has 2 aromatic rings. The molecule has 1 atom stereocenters. The minimum absolute atomic E-state index is 0.0245. The van der Waals surface area contributed by atoms with Crippen LogP contribution >= 0.6 is 0 Å². The molecule has 1 aromatic heterocycles. The van der Waals surface area contributed by atoms with Crippen LogP contribution in [0.15, 0.2) is 23.1 Å². The van der Waals surface area contributed by atoms with E-state index < -0.39 is 16.0 Å². The maximum atomic E-state index is 13.4. The Hall–Kier alpha value is -2.52. The fourth-order valence-electron chi connectivity index (χ4n) is 5.05. The Morgan fingerprint density at radius 1 is 1.12 bits per heavy atom. The summed E-state index contributed by atoms with van der Waals surface area (Å²) in [5.41, 5.74) is 2.22. The summed E-state index contributed by atoms with van der Waals surface area (Å²) in [6, 6.07) is 4.89. The van der Waals surface area contributed by atoms with Gasteiger partial charge in [-0.1, -0.05) is 6.92 Å². The second-order valence-electron chi connectivity index (χ2n) is 9.71. The van der Waals surface area contributed by atoms with Crippen molar-refractivity contribution in [2.24, 2.45) is 11.8 Å². The van der Waals surface area contributed by atoms with E-state index in [9.17, 15) is 23.1 Å². The molecule has 176 valence electrons. The van der Waals surface area contributed by atoms with Gasteiger partial charge in [-0.15, -0.1) is 0 Å². The van der Waals surface area contributed by atoms with Gasteiger partial charge in [0.05, 0.1) is 16.0 Å². The molecule has 0 unspecified atom stereocenters. The van der Waals surface area contributed by atoms with E-state index in [-0.39, 0.29) is 35.4 Å². The quantitative estimate of drug-likeness (QED) is 0.693. The van der Waals surface area contributed by atoms with E-state index in [1.807, 2.05) is 0 Å². The lowest BCUT2D eigenvalue weighted by atomic mass is 9.84. The summed E-state index contributed by atoms with van der Waals surface area (Å²) in [5.74, 6) is -0.827. The van der Waals surface area contributed by atoms with E-state index in [0.29, 0.717) is 42.1 Å². The lowest BCUT2D eigenvalue weighted by Gasteiger charge is -2.30. The van der Waals surface area contributed by atoms with Gasteiger partial charge in [0.1, 0.15) is 0 Å². The summed E-state index contributed by atoms with van der Waals surface area (Å²) in [7, 11) is -3.81. The largest absolute Gasteiger partial charge is 0.478 e. The monoisotopic (exact) mass is 471 g/mol. The van der Waals surface area contributed by atoms with Gasteiger partial charge in [-0.3, -0.25) is 9.78 Å². The number of pyridine rings is 1. The summed E-state index contributed by atoms with van der Waals surface area (Å²) in [6.45, 7) is 2.64. The van der Waals surface area contributed by atoms with E-state index in [2.05, 4.69) is 17.2 Å². The molecule has 1 saturated heterocycles. The minimum Gasteiger partial charge on any atom is -0.478 e. The molecule has 2 heterocycles. The predicted octanol–water partition coefficient (Wildman–Crippen LogP) is 2.74. The fourth-order valence-corrected chi connectivity index (χ4v) is 6.55. The Balaban J connectivity index is 1.44. The van der Waals surface area contributed by atoms with Gasteiger partial charge in [0.25, 0.3) is 0 Å². The number of benzene rings is 1. The van der Waals surface area contributed by atoms with Crippen LogP contribution in [-0.4, -0.2) is 53.8 Å². The van der Waals surface area contributed by atoms with E-state index >= 15 is 0 Å². The molecule has 5 rings (SSSR count). The number of nitrogens with one attached hydrogen (secondary N) is 1. The van der Waals surface area contributed by atoms with Crippen LogP contribution in [0.1, 0.15) is 60.6 Å². The number of amides is 1. The van der Waals surface area contributed by atoms with Gasteiger partial charge in [0, 0.05) is 36.1 Å². The van der Waals surface area contributed by atoms with Gasteiger partial charge in [-0.05, 0) is 74.6 Å². The number of aromatic nitrogens is 1. The number of aryl methyl sites for hydroxylation is 1. The summed E-state index contributed by atoms with van der Waals surface area (Å²) in [4.78, 5) is 29.3. The SMILES string of the molecule is C[C@@H]1CCc2nc3ccc(S(=O)(=O)N4CCC(C(=O)NC5CC5)CC4)cc3c(C(=O)O)c2C1. The van der Waals surface area contributed by atoms with Crippen LogP contribution in [0.2, 0.25) is 0 Å². The highest BCUT2D eigenvalue weighted by Gasteiger charge is 2.34. The maximum Gasteiger partial charge on any atom is 0.336 e. The smallest absolute Gasteiger partial charge is 0.336 e. The van der Waals surface area contributed by atoms with Crippen molar-refractivity contribution in [2.45, 2.75) is 62.8 Å². The molecule has 2 N–H and O–H groups in total. The van der Waals surface area contributed by atoms with Crippen LogP contribution in [0.3, 0.4) is 0 Å². The van der Waals surface area contributed by atoms with Crippen LogP contribution in [0, 0.1) is 11.8 Å². The number of carboxylic acid groups (broad SMARTS) is 1. The van der Waals surface area contributed by atoms with Crippen molar-refractivity contribution in [1.82, 2.24) is 14.6 Å². The number of nitrogens with zero attached hydrogens (tertiary/aromatic N) is 2. The van der Waals surface area contributed by atoms with E-state index in [1.165, 1.54) is 16.4 Å². The average Bonchev–Trinajstić information content (AvgIpc) is 3.61. The molecule has 2 aliphatic carbocycles. The number of hydrogen-bond donors (Lipinski definition) is 2. The van der Waals surface area contributed by atoms with Crippen molar-refractivity contribution in [3.05, 3.63) is 35.0 Å². The van der Waals surface area contributed by atoms with E-state index in [4.69, 9.17) is 0 Å². The van der Waals surface area contributed by atoms with Crippen LogP contribution in [0.4, 0.5) is 0 Å². The predicted molar refractivity (Wildman–Crippen MR) is 123 cm³/mol. The second-order valence-corrected chi connectivity index (χ2v) is 11.6. The summed E-state index contributed by atoms with van der Waals surface area (Å²) in [6.07, 6.45) is 5.35. The van der Waals surface area contributed by atoms with Crippen molar-refractivity contribution in [2.75, 3.05) is 13.1 Å². The normalized spacial score (nSPS) is 22.2. The third-order valence-corrected chi connectivity index (χ3v) is 9.06. The van der Waals surface area contributed by atoms with Gasteiger partial charge in [0.2, 0.25) is 15.9 Å². The number of piperidine rings is 1. The first-order valence-corrected chi connectivity index (χ1v) is 13.2. The van der Waals surface area contributed by atoms with Gasteiger partial charge in [-0.25, -0.2) is 13.2 Å². The zero-order valence-corrected chi connectivity index (χ0v) is 19.5. The minimum atomic E-state index is -3.81. The number of carbonyl (C=O) groups excluding carboxylic acids is 1. The zero-order valence-electron chi connectivity index (χ0n) is 18.7. The highest BCUT2D eigenvalue weighted by Crippen LogP contribution is 2.34. The molecule has 3 aliphatic rings. The highest BCUT2D eigenvalue weighted by atomic mass is 32.2. The first kappa shape index (κ1) is 22.3. The lowest BCUT2D eigenvalue weighted by molar-refractivity contribution is -0.126. The van der Waals surface area contributed by atoms with Crippen LogP contribution in [-0.2, 0) is 27.7 Å². The Bertz CT molecular complexity index is 1230. The number of carbonyl (C=O) groups is 2. The van der Waals surface area contributed by atoms with Gasteiger partial charge in [-0.2, -0.15) is 4.31 Å². The van der Waals surface area contributed by atoms with Crippen molar-refractivity contribution >= 4 is 32.8 Å². The zero-order chi connectivity index (χ0) is 23.3. The molecule has 1 aliphatic heterocycles.